The van der Waals surface area contributed by atoms with Gasteiger partial charge in [0.2, 0.25) is 0 Å². The number of carbonyl (C=O) groups excluding carboxylic acids is 1. The Morgan fingerprint density at radius 2 is 2.20 bits per heavy atom. The minimum atomic E-state index is -0.0958. The van der Waals surface area contributed by atoms with Crippen LogP contribution in [0.25, 0.3) is 0 Å². The number of nitrogens with zero attached hydrogens (tertiary/aromatic N) is 1. The van der Waals surface area contributed by atoms with Crippen LogP contribution in [0.1, 0.15) is 10.4 Å². The van der Waals surface area contributed by atoms with Crippen molar-refractivity contribution in [2.45, 2.75) is 12.1 Å². The summed E-state index contributed by atoms with van der Waals surface area (Å²) in [5.41, 5.74) is 6.43. The lowest BCUT2D eigenvalue weighted by atomic mass is 10.1. The number of nitrogens with two attached hydrogens (primary N) is 1. The highest BCUT2D eigenvalue weighted by atomic mass is 16.1. The van der Waals surface area contributed by atoms with Crippen LogP contribution < -0.4 is 16.4 Å². The molecule has 5 nitrogen and oxygen atoms in total. The van der Waals surface area contributed by atoms with Crippen LogP contribution in [-0.4, -0.2) is 36.1 Å². The SMILES string of the molecule is N[C@@H]1CNC[C@H]1NC(=O)c1ccncc1. The number of hydrogen-bond donors (Lipinski definition) is 3. The van der Waals surface area contributed by atoms with Gasteiger partial charge in [0.15, 0.2) is 0 Å². The number of carbonyl (C=O) groups is 1. The largest absolute Gasteiger partial charge is 0.346 e. The normalized spacial score (nSPS) is 25.1. The van der Waals surface area contributed by atoms with E-state index in [0.717, 1.165) is 13.1 Å². The van der Waals surface area contributed by atoms with Gasteiger partial charge >= 0.3 is 0 Å². The maximum atomic E-state index is 11.7. The number of pyridine rings is 1. The highest BCUT2D eigenvalue weighted by molar-refractivity contribution is 5.94. The molecule has 1 aliphatic heterocycles. The van der Waals surface area contributed by atoms with E-state index in [-0.39, 0.29) is 18.0 Å². The highest BCUT2D eigenvalue weighted by Gasteiger charge is 2.25. The van der Waals surface area contributed by atoms with Crippen LogP contribution in [0.4, 0.5) is 0 Å². The van der Waals surface area contributed by atoms with E-state index < -0.39 is 0 Å². The summed E-state index contributed by atoms with van der Waals surface area (Å²) in [6.45, 7) is 1.49. The molecular formula is C10H14N4O. The summed E-state index contributed by atoms with van der Waals surface area (Å²) in [6, 6.07) is 3.38. The monoisotopic (exact) mass is 206 g/mol. The molecule has 0 spiro atoms. The topological polar surface area (TPSA) is 80.0 Å². The summed E-state index contributed by atoms with van der Waals surface area (Å²) in [5.74, 6) is -0.0958. The summed E-state index contributed by atoms with van der Waals surface area (Å²) in [5, 5.41) is 6.02. The Bertz CT molecular complexity index is 341. The van der Waals surface area contributed by atoms with E-state index in [0.29, 0.717) is 5.56 Å². The number of rotatable bonds is 2. The molecule has 2 heterocycles. The molecule has 0 aliphatic carbocycles. The predicted octanol–water partition coefficient (Wildman–Crippen LogP) is -0.889. The first kappa shape index (κ1) is 10.1. The zero-order valence-corrected chi connectivity index (χ0v) is 8.31. The minimum absolute atomic E-state index is 0.00390. The van der Waals surface area contributed by atoms with E-state index in [4.69, 9.17) is 5.73 Å². The third-order valence-electron chi connectivity index (χ3n) is 2.52. The second-order valence-electron chi connectivity index (χ2n) is 3.64. The van der Waals surface area contributed by atoms with Crippen molar-refractivity contribution in [1.29, 1.82) is 0 Å². The van der Waals surface area contributed by atoms with Gasteiger partial charge in [-0.25, -0.2) is 0 Å². The smallest absolute Gasteiger partial charge is 0.251 e. The van der Waals surface area contributed by atoms with Gasteiger partial charge in [0.05, 0.1) is 6.04 Å². The zero-order valence-electron chi connectivity index (χ0n) is 8.31. The molecule has 5 heteroatoms. The molecule has 4 N–H and O–H groups in total. The maximum Gasteiger partial charge on any atom is 0.251 e. The van der Waals surface area contributed by atoms with Crippen molar-refractivity contribution in [3.8, 4) is 0 Å². The number of nitrogens with one attached hydrogen (secondary N) is 2. The van der Waals surface area contributed by atoms with Gasteiger partial charge in [0.1, 0.15) is 0 Å². The van der Waals surface area contributed by atoms with Gasteiger partial charge in [-0.15, -0.1) is 0 Å². The van der Waals surface area contributed by atoms with Crippen LogP contribution in [0.3, 0.4) is 0 Å². The van der Waals surface area contributed by atoms with Crippen molar-refractivity contribution < 1.29 is 4.79 Å². The third kappa shape index (κ3) is 2.31. The molecule has 0 bridgehead atoms. The van der Waals surface area contributed by atoms with Gasteiger partial charge in [-0.05, 0) is 12.1 Å². The minimum Gasteiger partial charge on any atom is -0.346 e. The molecule has 1 aromatic rings. The Balaban J connectivity index is 1.98. The molecule has 0 aromatic carbocycles. The highest BCUT2D eigenvalue weighted by Crippen LogP contribution is 2.01. The number of hydrogen-bond acceptors (Lipinski definition) is 4. The Morgan fingerprint density at radius 3 is 2.80 bits per heavy atom. The molecule has 15 heavy (non-hydrogen) atoms. The van der Waals surface area contributed by atoms with Crippen LogP contribution in [0.5, 0.6) is 0 Å². The molecule has 2 atom stereocenters. The van der Waals surface area contributed by atoms with Gasteiger partial charge in [-0.2, -0.15) is 0 Å². The Morgan fingerprint density at radius 1 is 1.47 bits per heavy atom. The number of aromatic nitrogens is 1. The van der Waals surface area contributed by atoms with E-state index in [9.17, 15) is 4.79 Å². The number of amides is 1. The van der Waals surface area contributed by atoms with Gasteiger partial charge < -0.3 is 16.4 Å². The Kier molecular flexibility index (Phi) is 2.94. The second-order valence-corrected chi connectivity index (χ2v) is 3.64. The first-order valence-electron chi connectivity index (χ1n) is 4.94. The zero-order chi connectivity index (χ0) is 10.7. The molecular weight excluding hydrogens is 192 g/mol. The van der Waals surface area contributed by atoms with E-state index in [1.165, 1.54) is 0 Å². The van der Waals surface area contributed by atoms with E-state index in [2.05, 4.69) is 15.6 Å². The van der Waals surface area contributed by atoms with Gasteiger partial charge in [0.25, 0.3) is 5.91 Å². The first-order valence-corrected chi connectivity index (χ1v) is 4.94. The van der Waals surface area contributed by atoms with Gasteiger partial charge in [-0.3, -0.25) is 9.78 Å². The van der Waals surface area contributed by atoms with Crippen LogP contribution in [-0.2, 0) is 0 Å². The van der Waals surface area contributed by atoms with Gasteiger partial charge in [-0.1, -0.05) is 0 Å². The molecule has 1 aromatic heterocycles. The summed E-state index contributed by atoms with van der Waals surface area (Å²) in [4.78, 5) is 15.6. The second kappa shape index (κ2) is 4.37. The molecule has 80 valence electrons. The summed E-state index contributed by atoms with van der Waals surface area (Å²) in [7, 11) is 0. The van der Waals surface area contributed by atoms with Crippen LogP contribution in [0.15, 0.2) is 24.5 Å². The molecule has 1 amide bonds. The average molecular weight is 206 g/mol. The van der Waals surface area contributed by atoms with Crippen molar-refractivity contribution in [2.24, 2.45) is 5.73 Å². The first-order chi connectivity index (χ1) is 7.27. The molecule has 1 fully saturated rings. The molecule has 0 radical (unpaired) electrons. The maximum absolute atomic E-state index is 11.7. The van der Waals surface area contributed by atoms with Crippen LogP contribution in [0.2, 0.25) is 0 Å². The molecule has 0 unspecified atom stereocenters. The fraction of sp³-hybridized carbons (Fsp3) is 0.400. The average Bonchev–Trinajstić information content (AvgIpc) is 2.66. The molecule has 0 saturated carbocycles. The third-order valence-corrected chi connectivity index (χ3v) is 2.52. The fourth-order valence-corrected chi connectivity index (χ4v) is 1.61. The predicted molar refractivity (Wildman–Crippen MR) is 56.3 cm³/mol. The van der Waals surface area contributed by atoms with Crippen molar-refractivity contribution in [2.75, 3.05) is 13.1 Å². The molecule has 1 aliphatic rings. The lowest BCUT2D eigenvalue weighted by Crippen LogP contribution is -2.46. The van der Waals surface area contributed by atoms with E-state index in [1.54, 1.807) is 24.5 Å². The lowest BCUT2D eigenvalue weighted by Gasteiger charge is -2.15. The van der Waals surface area contributed by atoms with E-state index in [1.807, 2.05) is 0 Å². The summed E-state index contributed by atoms with van der Waals surface area (Å²) < 4.78 is 0. The molecule has 1 saturated heterocycles. The van der Waals surface area contributed by atoms with E-state index >= 15 is 0 Å². The summed E-state index contributed by atoms with van der Waals surface area (Å²) >= 11 is 0. The fourth-order valence-electron chi connectivity index (χ4n) is 1.61. The summed E-state index contributed by atoms with van der Waals surface area (Å²) in [6.07, 6.45) is 3.20. The van der Waals surface area contributed by atoms with Crippen molar-refractivity contribution in [3.05, 3.63) is 30.1 Å². The quantitative estimate of drug-likeness (QED) is 0.586. The molecule has 2 rings (SSSR count). The lowest BCUT2D eigenvalue weighted by molar-refractivity contribution is 0.0937. The van der Waals surface area contributed by atoms with Crippen LogP contribution in [0, 0.1) is 0 Å². The standard InChI is InChI=1S/C10H14N4O/c11-8-5-13-6-9(8)14-10(15)7-1-3-12-4-2-7/h1-4,8-9,13H,5-6,11H2,(H,14,15)/t8-,9-/m1/s1. The van der Waals surface area contributed by atoms with Gasteiger partial charge in [0, 0.05) is 37.1 Å². The van der Waals surface area contributed by atoms with Crippen molar-refractivity contribution in [1.82, 2.24) is 15.6 Å². The van der Waals surface area contributed by atoms with Crippen LogP contribution >= 0.6 is 0 Å². The Labute approximate surface area is 88.1 Å². The van der Waals surface area contributed by atoms with Crippen molar-refractivity contribution in [3.63, 3.8) is 0 Å². The Hall–Kier alpha value is -1.46. The van der Waals surface area contributed by atoms with Crippen molar-refractivity contribution >= 4 is 5.91 Å².